The second kappa shape index (κ2) is 15.6. The average molecular weight is 837 g/mol. The van der Waals surface area contributed by atoms with Gasteiger partial charge >= 0.3 is 11.8 Å². The number of aromatic nitrogens is 3. The molecule has 2 bridgehead atoms. The maximum absolute atomic E-state index is 17.7. The van der Waals surface area contributed by atoms with E-state index in [-0.39, 0.29) is 70.1 Å². The normalized spacial score (nSPS) is 26.1. The van der Waals surface area contributed by atoms with Gasteiger partial charge in [-0.3, -0.25) is 9.80 Å². The van der Waals surface area contributed by atoms with Gasteiger partial charge in [-0.15, -0.1) is 6.42 Å². The lowest BCUT2D eigenvalue weighted by Gasteiger charge is -2.48. The van der Waals surface area contributed by atoms with Crippen molar-refractivity contribution in [3.8, 4) is 35.4 Å². The van der Waals surface area contributed by atoms with E-state index in [4.69, 9.17) is 34.9 Å². The summed E-state index contributed by atoms with van der Waals surface area (Å²) in [5, 5.41) is 12.1. The fourth-order valence-corrected chi connectivity index (χ4v) is 11.4. The lowest BCUT2D eigenvalue weighted by molar-refractivity contribution is 0.106. The number of benzene rings is 2. The topological polar surface area (TPSA) is 121 Å². The zero-order chi connectivity index (χ0) is 42.2. The SMILES string of the molecule is C#Cc1c(F)ccc2cc(O)cc(-c3nc4c5c(nc(OC[C@@]67CCCN6C[C@H](F)C7)nc5c3F)N3C[C@H]5CC[C@@H]([C@H]3CC[C@H]4C)N5Cc3oc(=O)oc3CCCCCC)c12. The summed E-state index contributed by atoms with van der Waals surface area (Å²) >= 11 is 0. The Morgan fingerprint density at radius 2 is 1.85 bits per heavy atom. The Hall–Kier alpha value is -5.13. The number of alkyl halides is 1. The molecule has 4 fully saturated rings. The van der Waals surface area contributed by atoms with Crippen molar-refractivity contribution >= 4 is 27.5 Å². The number of fused-ring (bicyclic) bond motifs is 7. The third kappa shape index (κ3) is 6.83. The van der Waals surface area contributed by atoms with Crippen LogP contribution in [-0.2, 0) is 13.0 Å². The summed E-state index contributed by atoms with van der Waals surface area (Å²) in [5.41, 5.74) is 0.0660. The molecule has 0 radical (unpaired) electrons. The molecule has 0 spiro atoms. The van der Waals surface area contributed by atoms with Crippen LogP contribution >= 0.6 is 0 Å². The summed E-state index contributed by atoms with van der Waals surface area (Å²) in [6.07, 6.45) is 15.1. The smallest absolute Gasteiger partial charge is 0.508 e. The van der Waals surface area contributed by atoms with Crippen molar-refractivity contribution in [1.29, 1.82) is 0 Å². The molecule has 1 N–H and O–H groups in total. The Balaban J connectivity index is 1.09. The van der Waals surface area contributed by atoms with Gasteiger partial charge in [-0.1, -0.05) is 45.1 Å². The first-order valence-electron chi connectivity index (χ1n) is 22.0. The van der Waals surface area contributed by atoms with E-state index < -0.39 is 29.2 Å². The number of phenols is 1. The summed E-state index contributed by atoms with van der Waals surface area (Å²) < 4.78 is 65.6. The third-order valence-corrected chi connectivity index (χ3v) is 14.3. The summed E-state index contributed by atoms with van der Waals surface area (Å²) in [7, 11) is 0. The van der Waals surface area contributed by atoms with Crippen LogP contribution in [0.2, 0.25) is 0 Å². The monoisotopic (exact) mass is 836 g/mol. The Morgan fingerprint density at radius 1 is 1.02 bits per heavy atom. The average Bonchev–Trinajstić information content (AvgIpc) is 3.96. The number of terminal acetylenes is 1. The minimum atomic E-state index is -0.959. The maximum atomic E-state index is 17.7. The summed E-state index contributed by atoms with van der Waals surface area (Å²) in [5.74, 6) is 1.74. The number of aryl methyl sites for hydroxylation is 1. The minimum absolute atomic E-state index is 0.000820. The quantitative estimate of drug-likeness (QED) is 0.102. The number of rotatable bonds is 11. The number of halogens is 3. The Kier molecular flexibility index (Phi) is 10.3. The van der Waals surface area contributed by atoms with Crippen molar-refractivity contribution in [2.24, 2.45) is 0 Å². The highest BCUT2D eigenvalue weighted by Gasteiger charge is 2.51. The van der Waals surface area contributed by atoms with Crippen LogP contribution in [0.5, 0.6) is 11.8 Å². The minimum Gasteiger partial charge on any atom is -0.508 e. The van der Waals surface area contributed by atoms with Gasteiger partial charge in [0.15, 0.2) is 17.3 Å². The van der Waals surface area contributed by atoms with Crippen LogP contribution in [0.3, 0.4) is 0 Å². The molecule has 61 heavy (non-hydrogen) atoms. The Bertz CT molecular complexity index is 2630. The molecule has 320 valence electrons. The molecule has 14 heteroatoms. The molecule has 0 unspecified atom stereocenters. The van der Waals surface area contributed by atoms with Crippen molar-refractivity contribution < 1.29 is 31.8 Å². The lowest BCUT2D eigenvalue weighted by Crippen LogP contribution is -2.60. The first-order valence-corrected chi connectivity index (χ1v) is 22.0. The molecule has 4 saturated heterocycles. The molecule has 0 amide bonds. The van der Waals surface area contributed by atoms with Crippen molar-refractivity contribution in [3.63, 3.8) is 0 Å². The number of unbranched alkanes of at least 4 members (excludes halogenated alkanes) is 3. The largest absolute Gasteiger partial charge is 0.519 e. The number of ether oxygens (including phenoxy) is 1. The molecule has 5 aromatic rings. The zero-order valence-electron chi connectivity index (χ0n) is 34.7. The van der Waals surface area contributed by atoms with Crippen LogP contribution in [0.25, 0.3) is 32.9 Å². The number of hydrogen-bond donors (Lipinski definition) is 1. The van der Waals surface area contributed by atoms with Crippen LogP contribution < -0.4 is 15.5 Å². The van der Waals surface area contributed by atoms with Gasteiger partial charge in [-0.2, -0.15) is 9.97 Å². The predicted octanol–water partition coefficient (Wildman–Crippen LogP) is 8.55. The van der Waals surface area contributed by atoms with Crippen LogP contribution in [0.15, 0.2) is 37.9 Å². The van der Waals surface area contributed by atoms with Crippen LogP contribution in [0, 0.1) is 24.0 Å². The van der Waals surface area contributed by atoms with Crippen molar-refractivity contribution in [1.82, 2.24) is 24.8 Å². The van der Waals surface area contributed by atoms with Crippen LogP contribution in [0.1, 0.15) is 113 Å². The molecular weight excluding hydrogens is 786 g/mol. The van der Waals surface area contributed by atoms with E-state index in [0.29, 0.717) is 72.7 Å². The molecule has 5 aliphatic heterocycles. The summed E-state index contributed by atoms with van der Waals surface area (Å²) in [4.78, 5) is 34.3. The van der Waals surface area contributed by atoms with Crippen molar-refractivity contribution in [2.75, 3.05) is 31.1 Å². The van der Waals surface area contributed by atoms with Gasteiger partial charge in [-0.25, -0.2) is 22.9 Å². The number of pyridine rings is 1. The maximum Gasteiger partial charge on any atom is 0.519 e. The molecule has 8 heterocycles. The third-order valence-electron chi connectivity index (χ3n) is 14.3. The lowest BCUT2D eigenvalue weighted by atomic mass is 9.87. The molecule has 5 aliphatic rings. The number of phenolic OH excluding ortho intramolecular Hbond substituents is 1. The predicted molar refractivity (Wildman–Crippen MR) is 225 cm³/mol. The summed E-state index contributed by atoms with van der Waals surface area (Å²) in [6.45, 7) is 6.55. The van der Waals surface area contributed by atoms with E-state index in [0.717, 1.165) is 64.3 Å². The molecule has 11 nitrogen and oxygen atoms in total. The van der Waals surface area contributed by atoms with Gasteiger partial charge in [0.2, 0.25) is 0 Å². The van der Waals surface area contributed by atoms with E-state index in [1.165, 1.54) is 24.3 Å². The van der Waals surface area contributed by atoms with Crippen LogP contribution in [-0.4, -0.2) is 85.9 Å². The molecule has 3 aromatic heterocycles. The molecule has 0 saturated carbocycles. The van der Waals surface area contributed by atoms with E-state index in [9.17, 15) is 14.3 Å². The van der Waals surface area contributed by atoms with Gasteiger partial charge in [0.05, 0.1) is 28.7 Å². The summed E-state index contributed by atoms with van der Waals surface area (Å²) in [6, 6.07) is 5.67. The van der Waals surface area contributed by atoms with E-state index in [2.05, 4.69) is 34.5 Å². The highest BCUT2D eigenvalue weighted by molar-refractivity contribution is 6.03. The number of nitrogens with zero attached hydrogens (tertiary/aromatic N) is 6. The second-order valence-corrected chi connectivity index (χ2v) is 18.0. The fraction of sp³-hybridized carbons (Fsp3) is 0.532. The highest BCUT2D eigenvalue weighted by atomic mass is 19.1. The molecule has 10 rings (SSSR count). The number of piperazine rings is 1. The molecule has 6 atom stereocenters. The van der Waals surface area contributed by atoms with Gasteiger partial charge in [0.25, 0.3) is 0 Å². The standard InChI is InChI=1S/C47H51F3N6O5/c1-4-6-7-8-10-36-37(61-46(58)60-36)24-55-29-13-16-34(55)35-15-11-26(3)41-39-43(40(50)42(51-41)32-20-30(57)19-27-12-14-33(49)31(5-2)38(27)32)52-45(53-44(39)56(35)23-29)59-25-47-17-9-18-54(47)22-28(48)21-47/h2,12,14,19-20,26,28-29,34-35,57H,4,6-11,13,15-18,21-25H2,1,3H3/t26-,28-,29-,34+,35-,47+/m1/s1. The van der Waals surface area contributed by atoms with E-state index >= 15 is 8.78 Å². The molecular formula is C47H51F3N6O5. The molecule has 0 aliphatic carbocycles. The Morgan fingerprint density at radius 3 is 2.69 bits per heavy atom. The fourth-order valence-electron chi connectivity index (χ4n) is 11.4. The van der Waals surface area contributed by atoms with E-state index in [1.54, 1.807) is 0 Å². The van der Waals surface area contributed by atoms with E-state index in [1.807, 2.05) is 0 Å². The van der Waals surface area contributed by atoms with Gasteiger partial charge < -0.3 is 23.6 Å². The van der Waals surface area contributed by atoms with Gasteiger partial charge in [0.1, 0.15) is 41.4 Å². The number of anilines is 1. The number of aromatic hydroxyl groups is 1. The van der Waals surface area contributed by atoms with Crippen molar-refractivity contribution in [3.05, 3.63) is 69.3 Å². The zero-order valence-corrected chi connectivity index (χ0v) is 34.7. The van der Waals surface area contributed by atoms with Gasteiger partial charge in [-0.05, 0) is 81.0 Å². The first-order chi connectivity index (χ1) is 29.6. The Labute approximate surface area is 352 Å². The highest BCUT2D eigenvalue weighted by Crippen LogP contribution is 2.48. The van der Waals surface area contributed by atoms with Gasteiger partial charge in [0, 0.05) is 55.0 Å². The second-order valence-electron chi connectivity index (χ2n) is 18.0. The van der Waals surface area contributed by atoms with Crippen LogP contribution in [0.4, 0.5) is 19.0 Å². The first kappa shape index (κ1) is 40.0. The number of hydrogen-bond acceptors (Lipinski definition) is 11. The van der Waals surface area contributed by atoms with Crippen molar-refractivity contribution in [2.45, 2.75) is 133 Å². The molecule has 2 aromatic carbocycles.